The van der Waals surface area contributed by atoms with Crippen molar-refractivity contribution in [2.45, 2.75) is 18.9 Å². The van der Waals surface area contributed by atoms with Crippen LogP contribution in [0.1, 0.15) is 23.7 Å². The summed E-state index contributed by atoms with van der Waals surface area (Å²) in [7, 11) is 0. The first-order valence-corrected chi connectivity index (χ1v) is 6.70. The molecule has 1 aliphatic heterocycles. The van der Waals surface area contributed by atoms with Crippen LogP contribution in [0.5, 0.6) is 0 Å². The van der Waals surface area contributed by atoms with E-state index in [0.717, 1.165) is 0 Å². The number of β-amino-alcohol motifs (C(OH)–C–C–N with tert-alkyl or cyclic N) is 1. The highest BCUT2D eigenvalue weighted by Gasteiger charge is 2.36. The number of rotatable bonds is 2. The molecular formula is C15H15FN2O3. The third-order valence-corrected chi connectivity index (χ3v) is 3.82. The lowest BCUT2D eigenvalue weighted by molar-refractivity contribution is -0.126. The second-order valence-corrected chi connectivity index (χ2v) is 5.70. The maximum absolute atomic E-state index is 13.1. The summed E-state index contributed by atoms with van der Waals surface area (Å²) in [6.45, 7) is 2.14. The average Bonchev–Trinajstić information content (AvgIpc) is 2.99. The number of aromatic nitrogens is 1. The van der Waals surface area contributed by atoms with Gasteiger partial charge in [-0.15, -0.1) is 0 Å². The van der Waals surface area contributed by atoms with Crippen molar-refractivity contribution in [3.63, 3.8) is 0 Å². The van der Waals surface area contributed by atoms with Gasteiger partial charge in [0.15, 0.2) is 0 Å². The van der Waals surface area contributed by atoms with E-state index in [1.165, 1.54) is 29.3 Å². The summed E-state index contributed by atoms with van der Waals surface area (Å²) < 4.78 is 13.1. The predicted molar refractivity (Wildman–Crippen MR) is 74.4 cm³/mol. The van der Waals surface area contributed by atoms with Crippen molar-refractivity contribution in [2.75, 3.05) is 13.1 Å². The van der Waals surface area contributed by atoms with Crippen molar-refractivity contribution >= 4 is 22.6 Å². The van der Waals surface area contributed by atoms with Gasteiger partial charge in [-0.3, -0.25) is 9.59 Å². The number of aliphatic hydroxyl groups is 1. The summed E-state index contributed by atoms with van der Waals surface area (Å²) in [5.74, 6) is -1.70. The normalized spacial score (nSPS) is 22.0. The van der Waals surface area contributed by atoms with Crippen molar-refractivity contribution in [1.29, 1.82) is 0 Å². The molecule has 2 aromatic rings. The molecule has 21 heavy (non-hydrogen) atoms. The lowest BCUT2D eigenvalue weighted by Gasteiger charge is -2.18. The number of amides is 1. The van der Waals surface area contributed by atoms with Gasteiger partial charge in [0.2, 0.25) is 0 Å². The molecule has 3 rings (SSSR count). The molecule has 0 unspecified atom stereocenters. The van der Waals surface area contributed by atoms with Gasteiger partial charge in [-0.25, -0.2) is 4.39 Å². The van der Waals surface area contributed by atoms with Crippen LogP contribution in [-0.2, 0) is 4.79 Å². The maximum Gasteiger partial charge on any atom is 0.295 e. The molecule has 0 bridgehead atoms. The van der Waals surface area contributed by atoms with E-state index in [4.69, 9.17) is 0 Å². The summed E-state index contributed by atoms with van der Waals surface area (Å²) in [4.78, 5) is 28.7. The first kappa shape index (κ1) is 13.8. The van der Waals surface area contributed by atoms with Crippen molar-refractivity contribution in [2.24, 2.45) is 0 Å². The van der Waals surface area contributed by atoms with Gasteiger partial charge in [-0.05, 0) is 31.5 Å². The van der Waals surface area contributed by atoms with Crippen LogP contribution in [0.25, 0.3) is 10.9 Å². The molecule has 2 heterocycles. The SMILES string of the molecule is C[C@@]1(O)CCN(C(=O)C(=O)c2c[nH]c3cc(F)ccc23)C1. The summed E-state index contributed by atoms with van der Waals surface area (Å²) in [5, 5.41) is 10.4. The number of nitrogens with zero attached hydrogens (tertiary/aromatic N) is 1. The van der Waals surface area contributed by atoms with Gasteiger partial charge in [0.25, 0.3) is 11.7 Å². The van der Waals surface area contributed by atoms with Gasteiger partial charge in [-0.1, -0.05) is 0 Å². The lowest BCUT2D eigenvalue weighted by Crippen LogP contribution is -2.37. The van der Waals surface area contributed by atoms with Crippen LogP contribution in [-0.4, -0.2) is 45.4 Å². The zero-order valence-electron chi connectivity index (χ0n) is 11.5. The van der Waals surface area contributed by atoms with Gasteiger partial charge in [-0.2, -0.15) is 0 Å². The summed E-state index contributed by atoms with van der Waals surface area (Å²) in [6, 6.07) is 4.00. The second-order valence-electron chi connectivity index (χ2n) is 5.70. The van der Waals surface area contributed by atoms with Gasteiger partial charge >= 0.3 is 0 Å². The number of nitrogens with one attached hydrogen (secondary N) is 1. The van der Waals surface area contributed by atoms with E-state index < -0.39 is 23.1 Å². The van der Waals surface area contributed by atoms with Gasteiger partial charge < -0.3 is 15.0 Å². The molecule has 0 radical (unpaired) electrons. The molecule has 0 aliphatic carbocycles. The Balaban J connectivity index is 1.89. The van der Waals surface area contributed by atoms with Crippen LogP contribution in [0.15, 0.2) is 24.4 Å². The Morgan fingerprint density at radius 2 is 2.19 bits per heavy atom. The van der Waals surface area contributed by atoms with E-state index in [0.29, 0.717) is 23.9 Å². The predicted octanol–water partition coefficient (Wildman–Crippen LogP) is 1.47. The maximum atomic E-state index is 13.1. The Morgan fingerprint density at radius 3 is 2.86 bits per heavy atom. The average molecular weight is 290 g/mol. The number of carbonyl (C=O) groups excluding carboxylic acids is 2. The van der Waals surface area contributed by atoms with Crippen LogP contribution in [0.2, 0.25) is 0 Å². The molecule has 5 nitrogen and oxygen atoms in total. The molecule has 1 saturated heterocycles. The number of likely N-dealkylation sites (tertiary alicyclic amines) is 1. The Labute approximate surface area is 120 Å². The third kappa shape index (κ3) is 2.42. The number of hydrogen-bond donors (Lipinski definition) is 2. The van der Waals surface area contributed by atoms with Crippen molar-refractivity contribution in [1.82, 2.24) is 9.88 Å². The minimum Gasteiger partial charge on any atom is -0.388 e. The third-order valence-electron chi connectivity index (χ3n) is 3.82. The highest BCUT2D eigenvalue weighted by Crippen LogP contribution is 2.23. The fourth-order valence-corrected chi connectivity index (χ4v) is 2.66. The molecule has 1 amide bonds. The van der Waals surface area contributed by atoms with Crippen molar-refractivity contribution in [3.05, 3.63) is 35.8 Å². The Kier molecular flexibility index (Phi) is 3.06. The number of ketones is 1. The lowest BCUT2D eigenvalue weighted by atomic mass is 10.1. The fourth-order valence-electron chi connectivity index (χ4n) is 2.66. The summed E-state index contributed by atoms with van der Waals surface area (Å²) in [6.07, 6.45) is 1.86. The van der Waals surface area contributed by atoms with Gasteiger partial charge in [0.1, 0.15) is 5.82 Å². The van der Waals surface area contributed by atoms with E-state index in [-0.39, 0.29) is 12.1 Å². The van der Waals surface area contributed by atoms with E-state index in [1.54, 1.807) is 6.92 Å². The monoisotopic (exact) mass is 290 g/mol. The highest BCUT2D eigenvalue weighted by molar-refractivity contribution is 6.44. The van der Waals surface area contributed by atoms with E-state index in [1.807, 2.05) is 0 Å². The number of benzene rings is 1. The van der Waals surface area contributed by atoms with Crippen LogP contribution in [0, 0.1) is 5.82 Å². The Morgan fingerprint density at radius 1 is 1.43 bits per heavy atom. The molecule has 6 heteroatoms. The van der Waals surface area contributed by atoms with Gasteiger partial charge in [0, 0.05) is 30.2 Å². The minimum absolute atomic E-state index is 0.147. The Hall–Kier alpha value is -2.21. The molecule has 1 aromatic carbocycles. The zero-order chi connectivity index (χ0) is 15.2. The number of hydrogen-bond acceptors (Lipinski definition) is 3. The van der Waals surface area contributed by atoms with Crippen LogP contribution in [0.3, 0.4) is 0 Å². The molecule has 110 valence electrons. The Bertz CT molecular complexity index is 736. The van der Waals surface area contributed by atoms with E-state index in [9.17, 15) is 19.1 Å². The quantitative estimate of drug-likeness (QED) is 0.650. The molecule has 0 spiro atoms. The smallest absolute Gasteiger partial charge is 0.295 e. The standard InChI is InChI=1S/C15H15FN2O3/c1-15(21)4-5-18(8-15)14(20)13(19)11-7-17-12-6-9(16)2-3-10(11)12/h2-3,6-7,17,21H,4-5,8H2,1H3/t15-/m1/s1. The fraction of sp³-hybridized carbons (Fsp3) is 0.333. The van der Waals surface area contributed by atoms with Crippen LogP contribution < -0.4 is 0 Å². The van der Waals surface area contributed by atoms with Crippen molar-refractivity contribution in [3.8, 4) is 0 Å². The number of Topliss-reactive ketones (excluding diaryl/α,β-unsaturated/α-hetero) is 1. The van der Waals surface area contributed by atoms with Crippen molar-refractivity contribution < 1.29 is 19.1 Å². The van der Waals surface area contributed by atoms with Crippen LogP contribution in [0.4, 0.5) is 4.39 Å². The molecule has 1 aromatic heterocycles. The molecule has 0 saturated carbocycles. The van der Waals surface area contributed by atoms with E-state index >= 15 is 0 Å². The number of carbonyl (C=O) groups is 2. The largest absolute Gasteiger partial charge is 0.388 e. The molecule has 2 N–H and O–H groups in total. The number of fused-ring (bicyclic) bond motifs is 1. The molecule has 1 fully saturated rings. The first-order chi connectivity index (χ1) is 9.87. The number of aromatic amines is 1. The topological polar surface area (TPSA) is 73.4 Å². The number of H-pyrrole nitrogens is 1. The minimum atomic E-state index is -0.945. The first-order valence-electron chi connectivity index (χ1n) is 6.70. The summed E-state index contributed by atoms with van der Waals surface area (Å²) in [5.41, 5.74) is -0.250. The molecule has 1 atom stereocenters. The molecular weight excluding hydrogens is 275 g/mol. The summed E-state index contributed by atoms with van der Waals surface area (Å²) >= 11 is 0. The van der Waals surface area contributed by atoms with Crippen LogP contribution >= 0.6 is 0 Å². The second kappa shape index (κ2) is 4.66. The van der Waals surface area contributed by atoms with Gasteiger partial charge in [0.05, 0.1) is 11.2 Å². The highest BCUT2D eigenvalue weighted by atomic mass is 19.1. The van der Waals surface area contributed by atoms with E-state index in [2.05, 4.69) is 4.98 Å². The molecule has 1 aliphatic rings. The number of halogens is 1. The zero-order valence-corrected chi connectivity index (χ0v) is 11.5.